The third-order valence-electron chi connectivity index (χ3n) is 2.98. The molecule has 1 aromatic carbocycles. The van der Waals surface area contributed by atoms with Crippen molar-refractivity contribution < 1.29 is 13.2 Å². The first-order valence-electron chi connectivity index (χ1n) is 6.70. The molecule has 0 spiro atoms. The van der Waals surface area contributed by atoms with Gasteiger partial charge in [-0.2, -0.15) is 0 Å². The minimum Gasteiger partial charge on any atom is -0.397 e. The second-order valence-corrected chi connectivity index (χ2v) is 6.18. The maximum absolute atomic E-state index is 12.0. The first-order valence-corrected chi connectivity index (χ1v) is 8.18. The molecule has 0 atom stereocenters. The molecule has 1 aromatic rings. The SMILES string of the molecule is CCNS(=O)(=O)c1ccc(N)c(N(CC)CC(=O)NC)c1. The van der Waals surface area contributed by atoms with Gasteiger partial charge in [-0.3, -0.25) is 4.79 Å². The van der Waals surface area contributed by atoms with Gasteiger partial charge in [-0.1, -0.05) is 6.92 Å². The van der Waals surface area contributed by atoms with Gasteiger partial charge in [0.1, 0.15) is 0 Å². The Morgan fingerprint density at radius 1 is 1.33 bits per heavy atom. The summed E-state index contributed by atoms with van der Waals surface area (Å²) in [6, 6.07) is 4.47. The first-order chi connectivity index (χ1) is 9.85. The van der Waals surface area contributed by atoms with E-state index in [-0.39, 0.29) is 17.3 Å². The fourth-order valence-corrected chi connectivity index (χ4v) is 2.92. The molecule has 0 aliphatic heterocycles. The van der Waals surface area contributed by atoms with E-state index in [1.807, 2.05) is 6.92 Å². The monoisotopic (exact) mass is 314 g/mol. The summed E-state index contributed by atoms with van der Waals surface area (Å²) in [5.74, 6) is -0.170. The number of nitrogens with zero attached hydrogens (tertiary/aromatic N) is 1. The lowest BCUT2D eigenvalue weighted by molar-refractivity contribution is -0.119. The minimum absolute atomic E-state index is 0.113. The number of nitrogens with two attached hydrogens (primary N) is 1. The number of benzene rings is 1. The van der Waals surface area contributed by atoms with Crippen molar-refractivity contribution in [3.8, 4) is 0 Å². The Labute approximate surface area is 125 Å². The molecule has 21 heavy (non-hydrogen) atoms. The van der Waals surface area contributed by atoms with Crippen molar-refractivity contribution in [1.29, 1.82) is 0 Å². The van der Waals surface area contributed by atoms with E-state index < -0.39 is 10.0 Å². The van der Waals surface area contributed by atoms with E-state index in [1.54, 1.807) is 18.9 Å². The maximum atomic E-state index is 12.0. The van der Waals surface area contributed by atoms with Crippen LogP contribution < -0.4 is 20.7 Å². The number of nitrogens with one attached hydrogen (secondary N) is 2. The Morgan fingerprint density at radius 2 is 2.00 bits per heavy atom. The molecule has 0 bridgehead atoms. The molecule has 8 heteroatoms. The van der Waals surface area contributed by atoms with Crippen LogP contribution in [0.25, 0.3) is 0 Å². The number of likely N-dealkylation sites (N-methyl/N-ethyl adjacent to an activating group) is 2. The van der Waals surface area contributed by atoms with E-state index in [1.165, 1.54) is 18.2 Å². The highest BCUT2D eigenvalue weighted by atomic mass is 32.2. The molecule has 0 radical (unpaired) electrons. The number of anilines is 2. The summed E-state index contributed by atoms with van der Waals surface area (Å²) in [4.78, 5) is 13.4. The minimum atomic E-state index is -3.56. The van der Waals surface area contributed by atoms with Gasteiger partial charge in [-0.05, 0) is 25.1 Å². The third kappa shape index (κ3) is 4.33. The Bertz CT molecular complexity index is 601. The molecule has 7 nitrogen and oxygen atoms in total. The van der Waals surface area contributed by atoms with Crippen molar-refractivity contribution in [2.45, 2.75) is 18.7 Å². The van der Waals surface area contributed by atoms with Gasteiger partial charge >= 0.3 is 0 Å². The summed E-state index contributed by atoms with van der Waals surface area (Å²) in [7, 11) is -2.01. The van der Waals surface area contributed by atoms with Crippen LogP contribution in [0.2, 0.25) is 0 Å². The predicted molar refractivity (Wildman–Crippen MR) is 83.7 cm³/mol. The van der Waals surface area contributed by atoms with Crippen LogP contribution in [0.3, 0.4) is 0 Å². The standard InChI is InChI=1S/C13H22N4O3S/c1-4-16-21(19,20)10-6-7-11(14)12(8-10)17(5-2)9-13(18)15-3/h6-8,16H,4-5,9,14H2,1-3H3,(H,15,18). The van der Waals surface area contributed by atoms with Crippen molar-refractivity contribution in [3.05, 3.63) is 18.2 Å². The van der Waals surface area contributed by atoms with Crippen LogP contribution in [0.5, 0.6) is 0 Å². The second kappa shape index (κ2) is 7.28. The number of carbonyl (C=O) groups is 1. The van der Waals surface area contributed by atoms with Crippen molar-refractivity contribution in [3.63, 3.8) is 0 Å². The molecule has 0 saturated heterocycles. The molecule has 118 valence electrons. The molecule has 0 unspecified atom stereocenters. The van der Waals surface area contributed by atoms with Gasteiger partial charge in [0, 0.05) is 20.1 Å². The second-order valence-electron chi connectivity index (χ2n) is 4.41. The Morgan fingerprint density at radius 3 is 2.52 bits per heavy atom. The smallest absolute Gasteiger partial charge is 0.240 e. The summed E-state index contributed by atoms with van der Waals surface area (Å²) in [5.41, 5.74) is 6.87. The molecule has 4 N–H and O–H groups in total. The number of carbonyl (C=O) groups excluding carboxylic acids is 1. The summed E-state index contributed by atoms with van der Waals surface area (Å²) >= 11 is 0. The highest BCUT2D eigenvalue weighted by Gasteiger charge is 2.18. The van der Waals surface area contributed by atoms with Crippen LogP contribution in [-0.2, 0) is 14.8 Å². The lowest BCUT2D eigenvalue weighted by Crippen LogP contribution is -2.36. The Kier molecular flexibility index (Phi) is 5.98. The van der Waals surface area contributed by atoms with Gasteiger partial charge in [-0.15, -0.1) is 0 Å². The fourth-order valence-electron chi connectivity index (χ4n) is 1.86. The molecule has 0 aromatic heterocycles. The molecular formula is C13H22N4O3S. The zero-order chi connectivity index (χ0) is 16.0. The van der Waals surface area contributed by atoms with Crippen molar-refractivity contribution >= 4 is 27.3 Å². The average molecular weight is 314 g/mol. The van der Waals surface area contributed by atoms with Crippen molar-refractivity contribution in [2.75, 3.05) is 37.3 Å². The first kappa shape index (κ1) is 17.3. The number of hydrogen-bond donors (Lipinski definition) is 3. The molecular weight excluding hydrogens is 292 g/mol. The number of hydrogen-bond acceptors (Lipinski definition) is 5. The highest BCUT2D eigenvalue weighted by molar-refractivity contribution is 7.89. The van der Waals surface area contributed by atoms with Crippen LogP contribution >= 0.6 is 0 Å². The highest BCUT2D eigenvalue weighted by Crippen LogP contribution is 2.26. The third-order valence-corrected chi connectivity index (χ3v) is 4.53. The lowest BCUT2D eigenvalue weighted by atomic mass is 10.2. The lowest BCUT2D eigenvalue weighted by Gasteiger charge is -2.24. The molecule has 0 fully saturated rings. The van der Waals surface area contributed by atoms with Gasteiger partial charge in [0.25, 0.3) is 0 Å². The van der Waals surface area contributed by atoms with Crippen LogP contribution in [0, 0.1) is 0 Å². The maximum Gasteiger partial charge on any atom is 0.240 e. The summed E-state index contributed by atoms with van der Waals surface area (Å²) in [5, 5.41) is 2.53. The van der Waals surface area contributed by atoms with Crippen LogP contribution in [0.15, 0.2) is 23.1 Å². The van der Waals surface area contributed by atoms with Crippen LogP contribution in [0.4, 0.5) is 11.4 Å². The number of sulfonamides is 1. The number of rotatable bonds is 7. The van der Waals surface area contributed by atoms with Crippen molar-refractivity contribution in [1.82, 2.24) is 10.0 Å². The molecule has 0 heterocycles. The molecule has 0 aliphatic rings. The Balaban J connectivity index is 3.20. The molecule has 0 saturated carbocycles. The normalized spacial score (nSPS) is 11.2. The summed E-state index contributed by atoms with van der Waals surface area (Å²) < 4.78 is 26.5. The summed E-state index contributed by atoms with van der Waals surface area (Å²) in [6.45, 7) is 4.52. The van der Waals surface area contributed by atoms with Gasteiger partial charge in [0.2, 0.25) is 15.9 Å². The van der Waals surface area contributed by atoms with E-state index in [2.05, 4.69) is 10.0 Å². The van der Waals surface area contributed by atoms with Crippen molar-refractivity contribution in [2.24, 2.45) is 0 Å². The zero-order valence-electron chi connectivity index (χ0n) is 12.5. The van der Waals surface area contributed by atoms with Gasteiger partial charge < -0.3 is 16.0 Å². The molecule has 0 aliphatic carbocycles. The van der Waals surface area contributed by atoms with Crippen LogP contribution in [0.1, 0.15) is 13.8 Å². The number of nitrogen functional groups attached to an aromatic ring is 1. The Hall–Kier alpha value is -1.80. The van der Waals surface area contributed by atoms with E-state index in [9.17, 15) is 13.2 Å². The van der Waals surface area contributed by atoms with E-state index in [0.29, 0.717) is 24.5 Å². The van der Waals surface area contributed by atoms with E-state index >= 15 is 0 Å². The fraction of sp³-hybridized carbons (Fsp3) is 0.462. The topological polar surface area (TPSA) is 105 Å². The largest absolute Gasteiger partial charge is 0.397 e. The predicted octanol–water partition coefficient (Wildman–Crippen LogP) is 0.139. The summed E-state index contributed by atoms with van der Waals surface area (Å²) in [6.07, 6.45) is 0. The molecule has 1 rings (SSSR count). The van der Waals surface area contributed by atoms with Crippen LogP contribution in [-0.4, -0.2) is 41.0 Å². The van der Waals surface area contributed by atoms with Gasteiger partial charge in [0.15, 0.2) is 0 Å². The zero-order valence-corrected chi connectivity index (χ0v) is 13.3. The van der Waals surface area contributed by atoms with Gasteiger partial charge in [-0.25, -0.2) is 13.1 Å². The van der Waals surface area contributed by atoms with E-state index in [0.717, 1.165) is 0 Å². The quantitative estimate of drug-likeness (QED) is 0.621. The molecule has 1 amide bonds. The number of amides is 1. The average Bonchev–Trinajstić information content (AvgIpc) is 2.45. The van der Waals surface area contributed by atoms with E-state index in [4.69, 9.17) is 5.73 Å². The van der Waals surface area contributed by atoms with Gasteiger partial charge in [0.05, 0.1) is 22.8 Å².